The monoisotopic (exact) mass is 152 g/mol. The first-order valence-electron chi connectivity index (χ1n) is 3.11. The Bertz CT molecular complexity index is 262. The molecule has 0 unspecified atom stereocenters. The molecule has 57 valence electrons. The van der Waals surface area contributed by atoms with Gasteiger partial charge in [-0.2, -0.15) is 0 Å². The van der Waals surface area contributed by atoms with E-state index in [1.165, 1.54) is 19.2 Å². The van der Waals surface area contributed by atoms with Crippen molar-refractivity contribution in [2.45, 2.75) is 0 Å². The molecule has 2 nitrogen and oxygen atoms in total. The topological polar surface area (TPSA) is 20.3 Å². The number of para-hydroxylation sites is 1. The molecule has 0 aliphatic rings. The molecule has 0 saturated carbocycles. The molecule has 0 bridgehead atoms. The smallest absolute Gasteiger partial charge is 0.304 e. The van der Waals surface area contributed by atoms with Crippen LogP contribution in [-0.4, -0.2) is 13.5 Å². The van der Waals surface area contributed by atoms with Crippen LogP contribution in [0.2, 0.25) is 0 Å². The second-order valence-electron chi connectivity index (χ2n) is 2.10. The fourth-order valence-corrected chi connectivity index (χ4v) is 0.773. The Kier molecular flexibility index (Phi) is 2.21. The lowest BCUT2D eigenvalue weighted by atomic mass is 10.3. The first kappa shape index (κ1) is 7.72. The molecule has 0 N–H and O–H groups in total. The number of hydrogen-bond donors (Lipinski definition) is 0. The van der Waals surface area contributed by atoms with Crippen LogP contribution in [0, 0.1) is 5.82 Å². The Balaban J connectivity index is 3.02. The van der Waals surface area contributed by atoms with Gasteiger partial charge in [-0.15, -0.1) is 0 Å². The van der Waals surface area contributed by atoms with E-state index in [4.69, 9.17) is 0 Å². The van der Waals surface area contributed by atoms with Gasteiger partial charge in [0, 0.05) is 7.05 Å². The largest absolute Gasteiger partial charge is 0.316 e. The van der Waals surface area contributed by atoms with E-state index in [2.05, 4.69) is 0 Å². The van der Waals surface area contributed by atoms with Crippen molar-refractivity contribution >= 4 is 12.1 Å². The van der Waals surface area contributed by atoms with E-state index in [9.17, 15) is 9.18 Å². The summed E-state index contributed by atoms with van der Waals surface area (Å²) in [7, 11) is 1.45. The summed E-state index contributed by atoms with van der Waals surface area (Å²) >= 11 is 0. The van der Waals surface area contributed by atoms with Gasteiger partial charge in [0.15, 0.2) is 0 Å². The maximum absolute atomic E-state index is 12.8. The first-order chi connectivity index (χ1) is 5.25. The molecule has 11 heavy (non-hydrogen) atoms. The van der Waals surface area contributed by atoms with E-state index >= 15 is 0 Å². The van der Waals surface area contributed by atoms with E-state index in [-0.39, 0.29) is 5.69 Å². The van der Waals surface area contributed by atoms with Crippen LogP contribution in [0.25, 0.3) is 0 Å². The van der Waals surface area contributed by atoms with Gasteiger partial charge in [0.25, 0.3) is 0 Å². The average Bonchev–Trinajstić information content (AvgIpc) is 2.04. The van der Waals surface area contributed by atoms with Crippen LogP contribution >= 0.6 is 0 Å². The molecule has 1 aromatic carbocycles. The van der Waals surface area contributed by atoms with Crippen LogP contribution < -0.4 is 4.90 Å². The molecule has 1 radical (unpaired) electrons. The van der Waals surface area contributed by atoms with Gasteiger partial charge >= 0.3 is 6.41 Å². The number of rotatable bonds is 2. The fraction of sp³-hybridized carbons (Fsp3) is 0.125. The predicted molar refractivity (Wildman–Crippen MR) is 40.5 cm³/mol. The van der Waals surface area contributed by atoms with Crippen molar-refractivity contribution in [2.75, 3.05) is 11.9 Å². The Hall–Kier alpha value is -1.38. The second-order valence-corrected chi connectivity index (χ2v) is 2.10. The number of anilines is 1. The minimum atomic E-state index is -0.418. The van der Waals surface area contributed by atoms with Gasteiger partial charge in [0.2, 0.25) is 0 Å². The molecule has 0 saturated heterocycles. The minimum absolute atomic E-state index is 0.238. The van der Waals surface area contributed by atoms with Crippen molar-refractivity contribution in [3.05, 3.63) is 30.1 Å². The number of benzene rings is 1. The van der Waals surface area contributed by atoms with Crippen LogP contribution in [-0.2, 0) is 4.79 Å². The van der Waals surface area contributed by atoms with Gasteiger partial charge in [-0.25, -0.2) is 4.39 Å². The summed E-state index contributed by atoms with van der Waals surface area (Å²) in [6.07, 6.45) is 1.57. The van der Waals surface area contributed by atoms with Crippen molar-refractivity contribution in [3.63, 3.8) is 0 Å². The lowest BCUT2D eigenvalue weighted by Crippen LogP contribution is -2.14. The number of amides is 1. The molecule has 3 heteroatoms. The number of halogens is 1. The highest BCUT2D eigenvalue weighted by Gasteiger charge is 2.04. The first-order valence-corrected chi connectivity index (χ1v) is 3.11. The SMILES string of the molecule is CN([C]=O)c1ccccc1F. The molecule has 1 rings (SSSR count). The summed E-state index contributed by atoms with van der Waals surface area (Å²) < 4.78 is 12.8. The van der Waals surface area contributed by atoms with Gasteiger partial charge in [-0.1, -0.05) is 12.1 Å². The third-order valence-corrected chi connectivity index (χ3v) is 1.35. The summed E-state index contributed by atoms with van der Waals surface area (Å²) in [6, 6.07) is 6.03. The van der Waals surface area contributed by atoms with Crippen molar-refractivity contribution < 1.29 is 9.18 Å². The molecular weight excluding hydrogens is 145 g/mol. The summed E-state index contributed by atoms with van der Waals surface area (Å²) in [5.41, 5.74) is 0.238. The molecule has 0 atom stereocenters. The molecule has 1 amide bonds. The summed E-state index contributed by atoms with van der Waals surface area (Å²) in [5.74, 6) is -0.418. The number of carbonyl (C=O) groups excluding carboxylic acids is 1. The van der Waals surface area contributed by atoms with Gasteiger partial charge < -0.3 is 4.90 Å². The standard InChI is InChI=1S/C8H7FNO/c1-10(6-11)8-5-3-2-4-7(8)9/h2-5H,1H3. The maximum Gasteiger partial charge on any atom is 0.316 e. The van der Waals surface area contributed by atoms with Gasteiger partial charge in [0.05, 0.1) is 5.69 Å². The zero-order valence-corrected chi connectivity index (χ0v) is 6.04. The van der Waals surface area contributed by atoms with Crippen molar-refractivity contribution in [1.82, 2.24) is 0 Å². The summed E-state index contributed by atoms with van der Waals surface area (Å²) in [6.45, 7) is 0. The zero-order valence-electron chi connectivity index (χ0n) is 6.04. The molecule has 0 fully saturated rings. The second kappa shape index (κ2) is 3.14. The molecule has 0 aliphatic carbocycles. The Labute approximate surface area is 64.2 Å². The number of hydrogen-bond acceptors (Lipinski definition) is 1. The quantitative estimate of drug-likeness (QED) is 0.585. The lowest BCUT2D eigenvalue weighted by Gasteiger charge is -2.08. The average molecular weight is 152 g/mol. The van der Waals surface area contributed by atoms with Crippen molar-refractivity contribution in [3.8, 4) is 0 Å². The highest BCUT2D eigenvalue weighted by molar-refractivity contribution is 5.74. The maximum atomic E-state index is 12.8. The summed E-state index contributed by atoms with van der Waals surface area (Å²) in [5, 5.41) is 0. The Morgan fingerprint density at radius 3 is 2.64 bits per heavy atom. The van der Waals surface area contributed by atoms with E-state index in [0.29, 0.717) is 0 Å². The molecule has 0 heterocycles. The van der Waals surface area contributed by atoms with Gasteiger partial charge in [0.1, 0.15) is 5.82 Å². The lowest BCUT2D eigenvalue weighted by molar-refractivity contribution is 0.552. The van der Waals surface area contributed by atoms with Crippen LogP contribution in [0.15, 0.2) is 24.3 Å². The zero-order chi connectivity index (χ0) is 8.27. The van der Waals surface area contributed by atoms with Crippen LogP contribution in [0.1, 0.15) is 0 Å². The summed E-state index contributed by atoms with van der Waals surface area (Å²) in [4.78, 5) is 11.2. The molecular formula is C8H7FNO. The van der Waals surface area contributed by atoms with E-state index in [0.717, 1.165) is 4.90 Å². The predicted octanol–water partition coefficient (Wildman–Crippen LogP) is 1.33. The fourth-order valence-electron chi connectivity index (χ4n) is 0.773. The normalized spacial score (nSPS) is 9.27. The molecule has 0 aliphatic heterocycles. The van der Waals surface area contributed by atoms with Crippen molar-refractivity contribution in [1.29, 1.82) is 0 Å². The van der Waals surface area contributed by atoms with Gasteiger partial charge in [-0.05, 0) is 12.1 Å². The van der Waals surface area contributed by atoms with E-state index in [1.54, 1.807) is 18.5 Å². The van der Waals surface area contributed by atoms with Crippen LogP contribution in [0.3, 0.4) is 0 Å². The minimum Gasteiger partial charge on any atom is -0.304 e. The van der Waals surface area contributed by atoms with Crippen molar-refractivity contribution in [2.24, 2.45) is 0 Å². The molecule has 0 spiro atoms. The Morgan fingerprint density at radius 1 is 1.45 bits per heavy atom. The molecule has 1 aromatic rings. The van der Waals surface area contributed by atoms with E-state index in [1.807, 2.05) is 0 Å². The highest BCUT2D eigenvalue weighted by Crippen LogP contribution is 2.14. The Morgan fingerprint density at radius 2 is 2.09 bits per heavy atom. The molecule has 0 aromatic heterocycles. The third kappa shape index (κ3) is 1.55. The van der Waals surface area contributed by atoms with Gasteiger partial charge in [-0.3, -0.25) is 4.79 Å². The highest BCUT2D eigenvalue weighted by atomic mass is 19.1. The number of nitrogens with zero attached hydrogens (tertiary/aromatic N) is 1. The third-order valence-electron chi connectivity index (χ3n) is 1.35. The van der Waals surface area contributed by atoms with Crippen LogP contribution in [0.5, 0.6) is 0 Å². The van der Waals surface area contributed by atoms with Crippen LogP contribution in [0.4, 0.5) is 10.1 Å². The van der Waals surface area contributed by atoms with E-state index < -0.39 is 5.82 Å².